The molecular formula is C28H40N8O2S. The third kappa shape index (κ3) is 5.38. The van der Waals surface area contributed by atoms with E-state index in [9.17, 15) is 0 Å². The molecule has 0 amide bonds. The normalized spacial score (nSPS) is 26.1. The van der Waals surface area contributed by atoms with Gasteiger partial charge in [0, 0.05) is 36.9 Å². The van der Waals surface area contributed by atoms with Crippen LogP contribution in [0.2, 0.25) is 0 Å². The summed E-state index contributed by atoms with van der Waals surface area (Å²) in [5.41, 5.74) is 2.31. The summed E-state index contributed by atoms with van der Waals surface area (Å²) in [4.78, 5) is 18.3. The van der Waals surface area contributed by atoms with Crippen molar-refractivity contribution in [1.82, 2.24) is 29.6 Å². The van der Waals surface area contributed by atoms with Crippen molar-refractivity contribution in [3.63, 3.8) is 0 Å². The molecule has 3 aliphatic heterocycles. The molecular weight excluding hydrogens is 512 g/mol. The van der Waals surface area contributed by atoms with Crippen LogP contribution in [0.4, 0.5) is 17.5 Å². The second-order valence-corrected chi connectivity index (χ2v) is 12.9. The van der Waals surface area contributed by atoms with Crippen molar-refractivity contribution >= 4 is 39.1 Å². The van der Waals surface area contributed by atoms with Crippen molar-refractivity contribution in [2.24, 2.45) is 5.41 Å². The highest BCUT2D eigenvalue weighted by Crippen LogP contribution is 2.40. The lowest BCUT2D eigenvalue weighted by atomic mass is 9.76. The maximum absolute atomic E-state index is 5.52. The lowest BCUT2D eigenvalue weighted by molar-refractivity contribution is -0.143. The molecule has 7 rings (SSSR count). The number of nitrogens with zero attached hydrogens (tertiary/aromatic N) is 6. The first-order chi connectivity index (χ1) is 19.2. The van der Waals surface area contributed by atoms with E-state index in [0.29, 0.717) is 29.5 Å². The van der Waals surface area contributed by atoms with Gasteiger partial charge in [0.2, 0.25) is 5.95 Å². The number of fused-ring (bicyclic) bond motifs is 1. The van der Waals surface area contributed by atoms with Gasteiger partial charge < -0.3 is 25.0 Å². The Hall–Kier alpha value is -2.34. The Labute approximate surface area is 233 Å². The van der Waals surface area contributed by atoms with E-state index >= 15 is 0 Å². The minimum Gasteiger partial charge on any atom is -0.381 e. The van der Waals surface area contributed by atoms with Crippen LogP contribution in [0.5, 0.6) is 0 Å². The smallest absolute Gasteiger partial charge is 0.230 e. The molecule has 10 nitrogen and oxygen atoms in total. The molecule has 210 valence electrons. The summed E-state index contributed by atoms with van der Waals surface area (Å²) in [5.74, 6) is 1.45. The maximum Gasteiger partial charge on any atom is 0.230 e. The number of ether oxygens (including phenoxy) is 2. The molecule has 11 heteroatoms. The molecule has 39 heavy (non-hydrogen) atoms. The zero-order valence-electron chi connectivity index (χ0n) is 22.9. The summed E-state index contributed by atoms with van der Waals surface area (Å²) in [5, 5.41) is 12.9. The van der Waals surface area contributed by atoms with Gasteiger partial charge in [0.25, 0.3) is 0 Å². The second-order valence-electron chi connectivity index (χ2n) is 11.9. The molecule has 4 aliphatic rings. The lowest BCUT2D eigenvalue weighted by Gasteiger charge is -2.49. The first-order valence-corrected chi connectivity index (χ1v) is 15.6. The van der Waals surface area contributed by atoms with Crippen LogP contribution in [-0.2, 0) is 15.9 Å². The van der Waals surface area contributed by atoms with E-state index in [0.717, 1.165) is 85.4 Å². The molecule has 0 aromatic carbocycles. The van der Waals surface area contributed by atoms with Crippen molar-refractivity contribution in [1.29, 1.82) is 0 Å². The van der Waals surface area contributed by atoms with Crippen molar-refractivity contribution < 1.29 is 9.47 Å². The Kier molecular flexibility index (Phi) is 7.17. The topological polar surface area (TPSA) is 102 Å². The highest BCUT2D eigenvalue weighted by atomic mass is 32.1. The minimum atomic E-state index is 0.386. The van der Waals surface area contributed by atoms with Crippen LogP contribution in [0.3, 0.4) is 0 Å². The van der Waals surface area contributed by atoms with Crippen LogP contribution in [-0.4, -0.2) is 81.2 Å². The molecule has 2 N–H and O–H groups in total. The number of rotatable bonds is 7. The summed E-state index contributed by atoms with van der Waals surface area (Å²) < 4.78 is 13.1. The molecule has 3 saturated heterocycles. The Morgan fingerprint density at radius 3 is 2.49 bits per heavy atom. The van der Waals surface area contributed by atoms with Gasteiger partial charge in [0.1, 0.15) is 5.52 Å². The number of piperidine rings is 1. The number of aromatic nitrogens is 5. The van der Waals surface area contributed by atoms with Crippen LogP contribution in [0.1, 0.15) is 69.3 Å². The van der Waals surface area contributed by atoms with Gasteiger partial charge in [-0.15, -0.1) is 0 Å². The molecule has 3 aromatic rings. The number of hydrogen-bond donors (Lipinski definition) is 2. The van der Waals surface area contributed by atoms with Crippen molar-refractivity contribution in [3.05, 3.63) is 17.4 Å². The van der Waals surface area contributed by atoms with E-state index in [1.165, 1.54) is 38.8 Å². The molecule has 6 heterocycles. The van der Waals surface area contributed by atoms with Crippen LogP contribution in [0.25, 0.3) is 10.3 Å². The molecule has 0 radical (unpaired) electrons. The fourth-order valence-corrected chi connectivity index (χ4v) is 7.55. The second kappa shape index (κ2) is 10.9. The van der Waals surface area contributed by atoms with Crippen molar-refractivity contribution in [2.75, 3.05) is 50.2 Å². The van der Waals surface area contributed by atoms with E-state index in [4.69, 9.17) is 24.4 Å². The molecule has 0 bridgehead atoms. The summed E-state index contributed by atoms with van der Waals surface area (Å²) in [6, 6.07) is 1.51. The molecule has 4 fully saturated rings. The predicted molar refractivity (Wildman–Crippen MR) is 153 cm³/mol. The van der Waals surface area contributed by atoms with Crippen LogP contribution in [0.15, 0.2) is 12.4 Å². The van der Waals surface area contributed by atoms with Crippen LogP contribution in [0, 0.1) is 5.41 Å². The highest BCUT2D eigenvalue weighted by Gasteiger charge is 2.42. The first kappa shape index (κ1) is 25.6. The maximum atomic E-state index is 5.52. The van der Waals surface area contributed by atoms with Crippen LogP contribution < -0.4 is 10.6 Å². The van der Waals surface area contributed by atoms with E-state index in [-0.39, 0.29) is 0 Å². The Balaban J connectivity index is 1.02. The van der Waals surface area contributed by atoms with Crippen molar-refractivity contribution in [2.45, 2.75) is 82.8 Å². The standard InChI is InChI=1S/C28H40N8O2S/c1-2-23-32-24-25(30-19-3-5-21(6-4-19)35-11-9-28(10-12-35)17-38-18-28)33-27(34-26(24)39-23)31-20-15-29-36(16-20)22-7-13-37-14-8-22/h15-16,19,21-22H,2-14,17-18H2,1H3,(H2,30,31,33,34). The van der Waals surface area contributed by atoms with Crippen LogP contribution >= 0.6 is 11.3 Å². The van der Waals surface area contributed by atoms with Gasteiger partial charge in [-0.2, -0.15) is 15.1 Å². The Morgan fingerprint density at radius 1 is 0.974 bits per heavy atom. The number of aryl methyl sites for hydroxylation is 1. The zero-order chi connectivity index (χ0) is 26.2. The number of nitrogens with one attached hydrogen (secondary N) is 2. The van der Waals surface area contributed by atoms with Gasteiger partial charge in [0.05, 0.1) is 36.1 Å². The summed E-state index contributed by atoms with van der Waals surface area (Å²) in [6.07, 6.45) is 14.2. The van der Waals surface area contributed by atoms with Gasteiger partial charge in [-0.1, -0.05) is 18.3 Å². The molecule has 0 atom stereocenters. The average Bonchev–Trinajstić information content (AvgIpc) is 3.60. The number of likely N-dealkylation sites (tertiary alicyclic amines) is 1. The van der Waals surface area contributed by atoms with Gasteiger partial charge in [-0.05, 0) is 70.9 Å². The van der Waals surface area contributed by atoms with Gasteiger partial charge >= 0.3 is 0 Å². The number of thiazole rings is 1. The van der Waals surface area contributed by atoms with Gasteiger partial charge in [-0.25, -0.2) is 4.98 Å². The van der Waals surface area contributed by atoms with Gasteiger partial charge in [-0.3, -0.25) is 4.68 Å². The van der Waals surface area contributed by atoms with E-state index in [2.05, 4.69) is 33.8 Å². The molecule has 1 spiro atoms. The van der Waals surface area contributed by atoms with E-state index in [1.54, 1.807) is 11.3 Å². The quantitative estimate of drug-likeness (QED) is 0.429. The molecule has 1 saturated carbocycles. The largest absolute Gasteiger partial charge is 0.381 e. The van der Waals surface area contributed by atoms with E-state index in [1.807, 2.05) is 10.9 Å². The Bertz CT molecular complexity index is 1270. The van der Waals surface area contributed by atoms with E-state index < -0.39 is 0 Å². The van der Waals surface area contributed by atoms with Gasteiger partial charge in [0.15, 0.2) is 10.6 Å². The summed E-state index contributed by atoms with van der Waals surface area (Å²) in [6.45, 7) is 8.16. The lowest BCUT2D eigenvalue weighted by Crippen LogP contribution is -2.53. The molecule has 0 unspecified atom stereocenters. The third-order valence-corrected chi connectivity index (χ3v) is 10.4. The summed E-state index contributed by atoms with van der Waals surface area (Å²) >= 11 is 1.66. The zero-order valence-corrected chi connectivity index (χ0v) is 23.7. The number of hydrogen-bond acceptors (Lipinski definition) is 10. The predicted octanol–water partition coefficient (Wildman–Crippen LogP) is 4.78. The minimum absolute atomic E-state index is 0.386. The fraction of sp³-hybridized carbons (Fsp3) is 0.714. The number of anilines is 3. The average molecular weight is 553 g/mol. The first-order valence-electron chi connectivity index (χ1n) is 14.8. The fourth-order valence-electron chi connectivity index (χ4n) is 6.68. The SMILES string of the molecule is CCc1nc2c(NC3CCC(N4CCC5(CC4)COC5)CC3)nc(Nc3cnn(C4CCOCC4)c3)nc2s1. The molecule has 1 aliphatic carbocycles. The Morgan fingerprint density at radius 2 is 1.77 bits per heavy atom. The van der Waals surface area contributed by atoms with Crippen molar-refractivity contribution in [3.8, 4) is 0 Å². The highest BCUT2D eigenvalue weighted by molar-refractivity contribution is 7.18. The third-order valence-electron chi connectivity index (χ3n) is 9.26. The monoisotopic (exact) mass is 552 g/mol. The summed E-state index contributed by atoms with van der Waals surface area (Å²) in [7, 11) is 0. The molecule has 3 aromatic heterocycles.